The zero-order chi connectivity index (χ0) is 55.0. The van der Waals surface area contributed by atoms with E-state index in [9.17, 15) is 14.7 Å². The molecule has 2 amide bonds. The molecule has 4 aromatic heterocycles. The molecule has 19 heteroatoms. The summed E-state index contributed by atoms with van der Waals surface area (Å²) >= 11 is 1.62. The van der Waals surface area contributed by atoms with Gasteiger partial charge in [-0.3, -0.25) is 9.59 Å². The Kier molecular flexibility index (Phi) is 15.7. The van der Waals surface area contributed by atoms with Crippen LogP contribution in [0.1, 0.15) is 114 Å². The lowest BCUT2D eigenvalue weighted by Crippen LogP contribution is -2.54. The first-order chi connectivity index (χ1) is 38.9. The molecule has 6 fully saturated rings. The van der Waals surface area contributed by atoms with Gasteiger partial charge in [-0.25, -0.2) is 9.97 Å². The highest BCUT2D eigenvalue weighted by Crippen LogP contribution is 2.41. The molecule has 80 heavy (non-hydrogen) atoms. The van der Waals surface area contributed by atoms with Gasteiger partial charge in [-0.05, 0) is 112 Å². The number of pyridine rings is 1. The fraction of sp³-hybridized carbons (Fsp3) is 0.525. The number of nitrogen functional groups attached to an aromatic ring is 1. The summed E-state index contributed by atoms with van der Waals surface area (Å²) in [7, 11) is 0. The van der Waals surface area contributed by atoms with Gasteiger partial charge in [0.25, 0.3) is 0 Å². The van der Waals surface area contributed by atoms with E-state index < -0.39 is 12.0 Å². The van der Waals surface area contributed by atoms with Crippen LogP contribution in [0.4, 0.5) is 23.0 Å². The highest BCUT2D eigenvalue weighted by atomic mass is 32.1. The minimum atomic E-state index is -0.530. The molecule has 422 valence electrons. The van der Waals surface area contributed by atoms with E-state index in [1.807, 2.05) is 63.7 Å². The third kappa shape index (κ3) is 11.4. The molecule has 2 unspecified atom stereocenters. The van der Waals surface area contributed by atoms with Crippen LogP contribution in [-0.4, -0.2) is 141 Å². The number of hydrogen-bond acceptors (Lipinski definition) is 17. The molecule has 5 atom stereocenters. The molecule has 5 saturated heterocycles. The number of nitrogens with one attached hydrogen (secondary N) is 1. The van der Waals surface area contributed by atoms with Crippen LogP contribution in [0.15, 0.2) is 89.0 Å². The Bertz CT molecular complexity index is 3100. The lowest BCUT2D eigenvalue weighted by atomic mass is 9.91. The number of aryl methyl sites for hydroxylation is 1. The number of fused-ring (bicyclic) bond motifs is 2. The molecule has 5 aliphatic heterocycles. The highest BCUT2D eigenvalue weighted by molar-refractivity contribution is 7.13. The smallest absolute Gasteiger partial charge is 0.243 e. The molecule has 2 aromatic carbocycles. The lowest BCUT2D eigenvalue weighted by molar-refractivity contribution is -0.141. The molecule has 1 saturated carbocycles. The number of anilines is 4. The standard InChI is InChI=1S/C61H76N12O6S/c1-37(2)57(61(76)72-23-7-9-51(72)60(75)65-38(3)41-11-13-42(14-12-41)58-39(4)64-36-80-58)54-32-55(68-79-54)70-26-18-40(19-27-70)33-69-24-20-46(21-25-69)77-47-29-48(30-47)78-56-28-43(17-22-63-56)73-44-15-16-45(73)35-71(34-44)52-31-50(66-67-59(52)62)49-8-5-6-10-53(49)74/h5-6,8,10-14,17,22,28,31-32,36-38,40,44-48,51,57,74H,7,9,15-16,18-21,23-27,29-30,33-35H2,1-4H3,(H2,62,67)(H,65,75)/t38-,44?,45?,47-,48-,51-,57+/m0/s1. The highest BCUT2D eigenvalue weighted by Gasteiger charge is 2.43. The number of carbonyl (C=O) groups is 2. The predicted octanol–water partition coefficient (Wildman–Crippen LogP) is 9.02. The number of benzene rings is 2. The molecule has 4 N–H and O–H groups in total. The molecule has 12 rings (SSSR count). The molecular weight excluding hydrogens is 1030 g/mol. The largest absolute Gasteiger partial charge is 0.507 e. The summed E-state index contributed by atoms with van der Waals surface area (Å²) in [6, 6.07) is 23.4. The van der Waals surface area contributed by atoms with E-state index >= 15 is 0 Å². The molecule has 9 heterocycles. The number of ether oxygens (including phenoxy) is 2. The fourth-order valence-electron chi connectivity index (χ4n) is 13.4. The number of carbonyl (C=O) groups excluding carboxylic acids is 2. The van der Waals surface area contributed by atoms with Gasteiger partial charge in [0.1, 0.15) is 23.8 Å². The van der Waals surface area contributed by atoms with E-state index in [1.165, 1.54) is 0 Å². The van der Waals surface area contributed by atoms with Gasteiger partial charge < -0.3 is 54.7 Å². The molecule has 6 aromatic rings. The molecule has 1 aliphatic carbocycles. The average Bonchev–Trinajstić information content (AvgIpc) is 4.31. The van der Waals surface area contributed by atoms with E-state index in [-0.39, 0.29) is 47.8 Å². The first kappa shape index (κ1) is 53.8. The average molecular weight is 1110 g/mol. The number of phenolic OH excluding ortho intramolecular Hbond substituents is 1. The monoisotopic (exact) mass is 1100 g/mol. The Morgan fingerprint density at radius 3 is 2.33 bits per heavy atom. The Balaban J connectivity index is 0.560. The van der Waals surface area contributed by atoms with Crippen molar-refractivity contribution in [1.29, 1.82) is 0 Å². The second kappa shape index (κ2) is 23.3. The number of piperazine rings is 1. The van der Waals surface area contributed by atoms with Crippen LogP contribution < -0.4 is 30.5 Å². The Hall–Kier alpha value is -6.83. The van der Waals surface area contributed by atoms with Crippen LogP contribution in [0.2, 0.25) is 0 Å². The number of rotatable bonds is 17. The normalized spacial score (nSPS) is 23.6. The van der Waals surface area contributed by atoms with Crippen molar-refractivity contribution in [2.24, 2.45) is 11.8 Å². The number of aromatic nitrogens is 5. The number of likely N-dealkylation sites (tertiary alicyclic amines) is 2. The third-order valence-electron chi connectivity index (χ3n) is 17.9. The Labute approximate surface area is 473 Å². The SMILES string of the molecule is Cc1ncsc1-c1ccc([C@H](C)NC(=O)[C@@H]2CCCN2C(=O)[C@@H](c2cc(N3CCC(CN4CCC(O[C@H]5C[C@H](Oc6cc(N7C8CCC7CN(c7cc(-c9ccccc9O)nnc7N)C8)ccn6)C5)CC4)CC3)no2)C(C)C)cc1. The van der Waals surface area contributed by atoms with Crippen molar-refractivity contribution in [3.05, 3.63) is 102 Å². The number of nitrogens with zero attached hydrogens (tertiary/aromatic N) is 10. The summed E-state index contributed by atoms with van der Waals surface area (Å²) < 4.78 is 19.1. The van der Waals surface area contributed by atoms with Gasteiger partial charge in [-0.15, -0.1) is 21.5 Å². The molecule has 0 radical (unpaired) electrons. The summed E-state index contributed by atoms with van der Waals surface area (Å²) in [5.74, 6) is 2.43. The number of thiazole rings is 1. The number of phenols is 1. The maximum Gasteiger partial charge on any atom is 0.243 e. The quantitative estimate of drug-likeness (QED) is 0.0779. The number of para-hydroxylation sites is 1. The van der Waals surface area contributed by atoms with E-state index in [4.69, 9.17) is 19.7 Å². The number of nitrogens with two attached hydrogens (primary N) is 1. The molecule has 2 bridgehead atoms. The van der Waals surface area contributed by atoms with E-state index in [0.29, 0.717) is 59.7 Å². The summed E-state index contributed by atoms with van der Waals surface area (Å²) in [6.45, 7) is 15.2. The van der Waals surface area contributed by atoms with Gasteiger partial charge in [0.05, 0.1) is 45.7 Å². The summed E-state index contributed by atoms with van der Waals surface area (Å²) in [5, 5.41) is 26.8. The van der Waals surface area contributed by atoms with Crippen molar-refractivity contribution < 1.29 is 28.7 Å². The van der Waals surface area contributed by atoms with Gasteiger partial charge in [0.2, 0.25) is 17.7 Å². The second-order valence-electron chi connectivity index (χ2n) is 23.6. The molecule has 18 nitrogen and oxygen atoms in total. The van der Waals surface area contributed by atoms with Crippen LogP contribution >= 0.6 is 11.3 Å². The zero-order valence-electron chi connectivity index (χ0n) is 46.5. The summed E-state index contributed by atoms with van der Waals surface area (Å²) in [6.07, 6.45) is 12.0. The van der Waals surface area contributed by atoms with Crippen molar-refractivity contribution in [3.8, 4) is 33.3 Å². The van der Waals surface area contributed by atoms with E-state index in [2.05, 4.69) is 86.6 Å². The van der Waals surface area contributed by atoms with Crippen molar-refractivity contribution in [2.45, 2.75) is 140 Å². The fourth-order valence-corrected chi connectivity index (χ4v) is 14.2. The van der Waals surface area contributed by atoms with Crippen molar-refractivity contribution >= 4 is 46.2 Å². The third-order valence-corrected chi connectivity index (χ3v) is 18.9. The zero-order valence-corrected chi connectivity index (χ0v) is 47.3. The van der Waals surface area contributed by atoms with Crippen molar-refractivity contribution in [3.63, 3.8) is 0 Å². The maximum absolute atomic E-state index is 14.4. The van der Waals surface area contributed by atoms with Crippen LogP contribution in [0.25, 0.3) is 21.7 Å². The van der Waals surface area contributed by atoms with Crippen LogP contribution in [-0.2, 0) is 14.3 Å². The summed E-state index contributed by atoms with van der Waals surface area (Å²) in [5.41, 5.74) is 14.6. The van der Waals surface area contributed by atoms with Gasteiger partial charge in [-0.1, -0.05) is 55.4 Å². The van der Waals surface area contributed by atoms with Crippen LogP contribution in [0.5, 0.6) is 11.6 Å². The topological polar surface area (TPSA) is 205 Å². The van der Waals surface area contributed by atoms with Gasteiger partial charge >= 0.3 is 0 Å². The van der Waals surface area contributed by atoms with Gasteiger partial charge in [0.15, 0.2) is 17.4 Å². The number of hydrogen-bond donors (Lipinski definition) is 3. The van der Waals surface area contributed by atoms with Crippen molar-refractivity contribution in [2.75, 3.05) is 72.8 Å². The minimum absolute atomic E-state index is 0.0388. The Morgan fingerprint density at radius 1 is 0.838 bits per heavy atom. The van der Waals surface area contributed by atoms with Crippen LogP contribution in [0.3, 0.4) is 0 Å². The maximum atomic E-state index is 14.4. The van der Waals surface area contributed by atoms with Crippen LogP contribution in [0, 0.1) is 18.8 Å². The first-order valence-electron chi connectivity index (χ1n) is 29.2. The number of amides is 2. The lowest BCUT2D eigenvalue weighted by Gasteiger charge is -2.43. The van der Waals surface area contributed by atoms with Gasteiger partial charge in [-0.2, -0.15) is 0 Å². The number of aromatic hydroxyl groups is 1. The van der Waals surface area contributed by atoms with E-state index in [0.717, 1.165) is 142 Å². The van der Waals surface area contributed by atoms with Gasteiger partial charge in [0, 0.05) is 107 Å². The molecular formula is C61H76N12O6S. The first-order valence-corrected chi connectivity index (χ1v) is 30.0. The molecule has 0 spiro atoms. The minimum Gasteiger partial charge on any atom is -0.507 e. The number of piperidine rings is 2. The Morgan fingerprint density at radius 2 is 1.60 bits per heavy atom. The van der Waals surface area contributed by atoms with E-state index in [1.54, 1.807) is 28.4 Å². The molecule has 6 aliphatic rings. The second-order valence-corrected chi connectivity index (χ2v) is 24.4. The predicted molar refractivity (Wildman–Crippen MR) is 310 cm³/mol. The van der Waals surface area contributed by atoms with Crippen molar-refractivity contribution in [1.82, 2.24) is 40.4 Å². The summed E-state index contributed by atoms with van der Waals surface area (Å²) in [4.78, 5) is 49.9.